The number of phenols is 1. The van der Waals surface area contributed by atoms with Crippen LogP contribution in [0.4, 0.5) is 0 Å². The highest BCUT2D eigenvalue weighted by atomic mass is 16.5. The second-order valence-corrected chi connectivity index (χ2v) is 6.72. The molecule has 3 rings (SSSR count). The van der Waals surface area contributed by atoms with Crippen LogP contribution < -0.4 is 0 Å². The SMILES string of the molecule is C#CCC(=C)c1nc(C[C@H](C)[C@H]2Cc3ccc(C)c(O)c3C(=O)O2)co1. The molecule has 1 aliphatic rings. The third-order valence-electron chi connectivity index (χ3n) is 4.69. The summed E-state index contributed by atoms with van der Waals surface area (Å²) in [7, 11) is 0. The maximum atomic E-state index is 12.3. The fourth-order valence-corrected chi connectivity index (χ4v) is 3.13. The smallest absolute Gasteiger partial charge is 0.342 e. The zero-order valence-corrected chi connectivity index (χ0v) is 14.9. The minimum atomic E-state index is -0.479. The summed E-state index contributed by atoms with van der Waals surface area (Å²) < 4.78 is 11.0. The first-order valence-corrected chi connectivity index (χ1v) is 8.49. The minimum absolute atomic E-state index is 0.00627. The van der Waals surface area contributed by atoms with E-state index in [2.05, 4.69) is 17.5 Å². The van der Waals surface area contributed by atoms with Gasteiger partial charge in [-0.25, -0.2) is 9.78 Å². The molecule has 1 N–H and O–H groups in total. The van der Waals surface area contributed by atoms with Crippen LogP contribution in [0.1, 0.15) is 46.4 Å². The Morgan fingerprint density at radius 1 is 1.54 bits per heavy atom. The van der Waals surface area contributed by atoms with Crippen molar-refractivity contribution in [2.24, 2.45) is 5.92 Å². The highest BCUT2D eigenvalue weighted by molar-refractivity contribution is 5.95. The molecule has 1 aliphatic heterocycles. The number of ether oxygens (including phenoxy) is 1. The molecule has 26 heavy (non-hydrogen) atoms. The van der Waals surface area contributed by atoms with E-state index in [9.17, 15) is 9.90 Å². The van der Waals surface area contributed by atoms with Crippen LogP contribution in [0, 0.1) is 25.2 Å². The van der Waals surface area contributed by atoms with Gasteiger partial charge in [0.15, 0.2) is 0 Å². The van der Waals surface area contributed by atoms with Crippen LogP contribution in [-0.4, -0.2) is 22.2 Å². The molecular weight excluding hydrogens is 330 g/mol. The van der Waals surface area contributed by atoms with E-state index in [1.54, 1.807) is 13.2 Å². The Labute approximate surface area is 152 Å². The number of hydrogen-bond donors (Lipinski definition) is 1. The number of rotatable bonds is 5. The summed E-state index contributed by atoms with van der Waals surface area (Å²) in [6.45, 7) is 7.61. The highest BCUT2D eigenvalue weighted by Crippen LogP contribution is 2.33. The molecule has 0 fully saturated rings. The van der Waals surface area contributed by atoms with Gasteiger partial charge >= 0.3 is 5.97 Å². The Kier molecular flexibility index (Phi) is 4.85. The van der Waals surface area contributed by atoms with E-state index < -0.39 is 5.97 Å². The van der Waals surface area contributed by atoms with Gasteiger partial charge in [0.05, 0.1) is 5.69 Å². The fourth-order valence-electron chi connectivity index (χ4n) is 3.13. The van der Waals surface area contributed by atoms with Crippen molar-refractivity contribution in [3.63, 3.8) is 0 Å². The van der Waals surface area contributed by atoms with Crippen molar-refractivity contribution in [3.05, 3.63) is 53.2 Å². The van der Waals surface area contributed by atoms with Crippen molar-refractivity contribution in [3.8, 4) is 18.1 Å². The maximum absolute atomic E-state index is 12.3. The van der Waals surface area contributed by atoms with Crippen molar-refractivity contribution in [1.29, 1.82) is 0 Å². The topological polar surface area (TPSA) is 72.6 Å². The number of aryl methyl sites for hydroxylation is 1. The van der Waals surface area contributed by atoms with E-state index in [0.717, 1.165) is 11.3 Å². The summed E-state index contributed by atoms with van der Waals surface area (Å²) in [6, 6.07) is 3.69. The molecule has 0 bridgehead atoms. The lowest BCUT2D eigenvalue weighted by Gasteiger charge is -2.29. The Morgan fingerprint density at radius 3 is 3.04 bits per heavy atom. The standard InChI is InChI=1S/C21H21NO4/c1-5-6-13(3)20-22-16(11-25-20)9-14(4)17-10-15-8-7-12(2)19(23)18(15)21(24)26-17/h1,7-8,11,14,17,23H,3,6,9-10H2,2,4H3/t14-,17+/m0/s1. The van der Waals surface area contributed by atoms with Gasteiger partial charge in [0, 0.05) is 18.4 Å². The van der Waals surface area contributed by atoms with Crippen LogP contribution in [0.2, 0.25) is 0 Å². The number of fused-ring (bicyclic) bond motifs is 1. The van der Waals surface area contributed by atoms with Crippen molar-refractivity contribution in [1.82, 2.24) is 4.98 Å². The lowest BCUT2D eigenvalue weighted by molar-refractivity contribution is 0.0107. The largest absolute Gasteiger partial charge is 0.507 e. The number of oxazole rings is 1. The number of hydrogen-bond acceptors (Lipinski definition) is 5. The molecule has 0 spiro atoms. The molecule has 2 aromatic rings. The number of phenolic OH excluding ortho intramolecular Hbond substituents is 1. The predicted octanol–water partition coefficient (Wildman–Crippen LogP) is 3.69. The molecule has 0 unspecified atom stereocenters. The summed E-state index contributed by atoms with van der Waals surface area (Å²) in [5.41, 5.74) is 3.18. The number of aromatic nitrogens is 1. The van der Waals surface area contributed by atoms with E-state index in [1.807, 2.05) is 19.1 Å². The number of aromatic hydroxyl groups is 1. The van der Waals surface area contributed by atoms with Gasteiger partial charge in [0.1, 0.15) is 23.7 Å². The molecule has 134 valence electrons. The summed E-state index contributed by atoms with van der Waals surface area (Å²) in [4.78, 5) is 16.8. The Hall–Kier alpha value is -3.00. The Balaban J connectivity index is 1.72. The van der Waals surface area contributed by atoms with E-state index in [1.165, 1.54) is 0 Å². The second kappa shape index (κ2) is 7.09. The lowest BCUT2D eigenvalue weighted by atomic mass is 9.88. The van der Waals surface area contributed by atoms with Crippen molar-refractivity contribution in [2.75, 3.05) is 0 Å². The number of carbonyl (C=O) groups is 1. The number of benzene rings is 1. The molecule has 0 radical (unpaired) electrons. The van der Waals surface area contributed by atoms with Gasteiger partial charge in [0.2, 0.25) is 5.89 Å². The number of allylic oxidation sites excluding steroid dienone is 1. The number of carbonyl (C=O) groups excluding carboxylic acids is 1. The Bertz CT molecular complexity index is 903. The average Bonchev–Trinajstić information content (AvgIpc) is 3.06. The molecule has 2 atom stereocenters. The first-order valence-electron chi connectivity index (χ1n) is 8.49. The monoisotopic (exact) mass is 351 g/mol. The van der Waals surface area contributed by atoms with Gasteiger partial charge in [-0.2, -0.15) is 0 Å². The van der Waals surface area contributed by atoms with Gasteiger partial charge in [0.25, 0.3) is 0 Å². The predicted molar refractivity (Wildman–Crippen MR) is 97.6 cm³/mol. The number of terminal acetylenes is 1. The molecule has 0 amide bonds. The van der Waals surface area contributed by atoms with E-state index >= 15 is 0 Å². The molecule has 1 aromatic heterocycles. The summed E-state index contributed by atoms with van der Waals surface area (Å²) in [5.74, 6) is 2.52. The number of esters is 1. The van der Waals surface area contributed by atoms with Gasteiger partial charge in [-0.15, -0.1) is 12.3 Å². The molecule has 5 heteroatoms. The summed E-state index contributed by atoms with van der Waals surface area (Å²) in [5, 5.41) is 10.1. The van der Waals surface area contributed by atoms with Crippen molar-refractivity contribution >= 4 is 11.5 Å². The van der Waals surface area contributed by atoms with Crippen LogP contribution in [0.15, 0.2) is 29.4 Å². The van der Waals surface area contributed by atoms with Crippen LogP contribution in [0.25, 0.3) is 5.57 Å². The van der Waals surface area contributed by atoms with Gasteiger partial charge in [-0.05, 0) is 30.4 Å². The van der Waals surface area contributed by atoms with Crippen LogP contribution in [-0.2, 0) is 17.6 Å². The molecule has 1 aromatic carbocycles. The molecule has 5 nitrogen and oxygen atoms in total. The highest BCUT2D eigenvalue weighted by Gasteiger charge is 2.33. The normalized spacial score (nSPS) is 17.1. The molecule has 2 heterocycles. The van der Waals surface area contributed by atoms with E-state index in [4.69, 9.17) is 15.6 Å². The molecular formula is C21H21NO4. The second-order valence-electron chi connectivity index (χ2n) is 6.72. The van der Waals surface area contributed by atoms with Crippen molar-refractivity contribution < 1.29 is 19.1 Å². The zero-order valence-electron chi connectivity index (χ0n) is 14.9. The van der Waals surface area contributed by atoms with Gasteiger partial charge < -0.3 is 14.3 Å². The van der Waals surface area contributed by atoms with Gasteiger partial charge in [-0.3, -0.25) is 0 Å². The van der Waals surface area contributed by atoms with Crippen LogP contribution in [0.3, 0.4) is 0 Å². The van der Waals surface area contributed by atoms with Crippen molar-refractivity contribution in [2.45, 2.75) is 39.2 Å². The van der Waals surface area contributed by atoms with E-state index in [-0.39, 0.29) is 23.3 Å². The van der Waals surface area contributed by atoms with Crippen LogP contribution in [0.5, 0.6) is 5.75 Å². The number of nitrogens with zero attached hydrogens (tertiary/aromatic N) is 1. The van der Waals surface area contributed by atoms with Gasteiger partial charge in [-0.1, -0.05) is 25.6 Å². The number of cyclic esters (lactones) is 1. The third-order valence-corrected chi connectivity index (χ3v) is 4.69. The minimum Gasteiger partial charge on any atom is -0.507 e. The first-order chi connectivity index (χ1) is 12.4. The summed E-state index contributed by atoms with van der Waals surface area (Å²) in [6.07, 6.45) is 8.12. The molecule has 0 saturated heterocycles. The van der Waals surface area contributed by atoms with E-state index in [0.29, 0.717) is 36.3 Å². The molecule has 0 saturated carbocycles. The average molecular weight is 351 g/mol. The lowest BCUT2D eigenvalue weighted by Crippen LogP contribution is -2.33. The first kappa shape index (κ1) is 17.8. The van der Waals surface area contributed by atoms with Crippen LogP contribution >= 0.6 is 0 Å². The molecule has 0 aliphatic carbocycles. The zero-order chi connectivity index (χ0) is 18.8. The Morgan fingerprint density at radius 2 is 2.31 bits per heavy atom. The maximum Gasteiger partial charge on any atom is 0.342 e. The quantitative estimate of drug-likeness (QED) is 0.657. The third kappa shape index (κ3) is 3.36. The summed E-state index contributed by atoms with van der Waals surface area (Å²) >= 11 is 0. The fraction of sp³-hybridized carbons (Fsp3) is 0.333.